The van der Waals surface area contributed by atoms with E-state index in [1.807, 2.05) is 42.5 Å². The number of hydrogen-bond donors (Lipinski definition) is 1. The van der Waals surface area contributed by atoms with Gasteiger partial charge in [0.05, 0.1) is 4.90 Å². The predicted molar refractivity (Wildman–Crippen MR) is 106 cm³/mol. The highest BCUT2D eigenvalue weighted by atomic mass is 32.2. The van der Waals surface area contributed by atoms with Crippen LogP contribution in [0.5, 0.6) is 0 Å². The molecular formula is C20H22N4O3S. The SMILES string of the molecule is O=S(=O)(c1ccc(CNc2noc(-c3ccccc3)n2)cc1)N1CCCCC1. The van der Waals surface area contributed by atoms with Crippen molar-refractivity contribution < 1.29 is 12.9 Å². The molecule has 7 nitrogen and oxygen atoms in total. The lowest BCUT2D eigenvalue weighted by Gasteiger charge is -2.25. The molecule has 146 valence electrons. The largest absolute Gasteiger partial charge is 0.347 e. The maximum Gasteiger partial charge on any atom is 0.264 e. The first-order valence-corrected chi connectivity index (χ1v) is 10.8. The highest BCUT2D eigenvalue weighted by Gasteiger charge is 2.25. The predicted octanol–water partition coefficient (Wildman–Crippen LogP) is 3.52. The van der Waals surface area contributed by atoms with Gasteiger partial charge in [0.2, 0.25) is 10.0 Å². The fourth-order valence-corrected chi connectivity index (χ4v) is 4.73. The van der Waals surface area contributed by atoms with Gasteiger partial charge in [0, 0.05) is 25.2 Å². The number of piperidine rings is 1. The average Bonchev–Trinajstić information content (AvgIpc) is 3.23. The van der Waals surface area contributed by atoms with Gasteiger partial charge >= 0.3 is 0 Å². The van der Waals surface area contributed by atoms with Crippen molar-refractivity contribution >= 4 is 16.0 Å². The van der Waals surface area contributed by atoms with Gasteiger partial charge in [-0.15, -0.1) is 0 Å². The molecule has 1 saturated heterocycles. The van der Waals surface area contributed by atoms with Crippen molar-refractivity contribution in [3.63, 3.8) is 0 Å². The standard InChI is InChI=1S/C20H22N4O3S/c25-28(26,24-13-5-2-6-14-24)18-11-9-16(10-12-18)15-21-20-22-19(27-23-20)17-7-3-1-4-8-17/h1,3-4,7-12H,2,5-6,13-15H2,(H,21,23). The second kappa shape index (κ2) is 8.12. The van der Waals surface area contributed by atoms with Crippen LogP contribution in [0.1, 0.15) is 24.8 Å². The minimum atomic E-state index is -3.40. The summed E-state index contributed by atoms with van der Waals surface area (Å²) in [6, 6.07) is 16.5. The van der Waals surface area contributed by atoms with Gasteiger partial charge in [0.15, 0.2) is 0 Å². The Morgan fingerprint density at radius 1 is 0.964 bits per heavy atom. The summed E-state index contributed by atoms with van der Waals surface area (Å²) in [4.78, 5) is 4.66. The van der Waals surface area contributed by atoms with E-state index in [2.05, 4.69) is 15.5 Å². The lowest BCUT2D eigenvalue weighted by Crippen LogP contribution is -2.35. The van der Waals surface area contributed by atoms with Crippen molar-refractivity contribution in [1.82, 2.24) is 14.4 Å². The van der Waals surface area contributed by atoms with Crippen LogP contribution >= 0.6 is 0 Å². The van der Waals surface area contributed by atoms with E-state index in [0.717, 1.165) is 30.4 Å². The molecule has 0 radical (unpaired) electrons. The molecular weight excluding hydrogens is 376 g/mol. The second-order valence-corrected chi connectivity index (χ2v) is 8.69. The molecule has 0 aliphatic carbocycles. The number of anilines is 1. The molecule has 0 saturated carbocycles. The van der Waals surface area contributed by atoms with Gasteiger partial charge in [0.1, 0.15) is 0 Å². The topological polar surface area (TPSA) is 88.3 Å². The van der Waals surface area contributed by atoms with Crippen LogP contribution in [-0.4, -0.2) is 36.0 Å². The van der Waals surface area contributed by atoms with Gasteiger partial charge in [-0.2, -0.15) is 9.29 Å². The van der Waals surface area contributed by atoms with Crippen molar-refractivity contribution in [2.24, 2.45) is 0 Å². The van der Waals surface area contributed by atoms with Crippen molar-refractivity contribution in [3.05, 3.63) is 60.2 Å². The fourth-order valence-electron chi connectivity index (χ4n) is 3.21. The number of hydrogen-bond acceptors (Lipinski definition) is 6. The number of sulfonamides is 1. The Kier molecular flexibility index (Phi) is 5.40. The zero-order chi connectivity index (χ0) is 19.4. The molecule has 0 spiro atoms. The molecule has 8 heteroatoms. The maximum absolute atomic E-state index is 12.7. The average molecular weight is 398 g/mol. The monoisotopic (exact) mass is 398 g/mol. The first-order chi connectivity index (χ1) is 13.6. The van der Waals surface area contributed by atoms with E-state index in [9.17, 15) is 8.42 Å². The van der Waals surface area contributed by atoms with E-state index in [0.29, 0.717) is 36.4 Å². The molecule has 2 heterocycles. The molecule has 0 unspecified atom stereocenters. The molecule has 28 heavy (non-hydrogen) atoms. The molecule has 1 aliphatic rings. The van der Waals surface area contributed by atoms with Gasteiger partial charge in [-0.1, -0.05) is 36.8 Å². The Balaban J connectivity index is 1.39. The van der Waals surface area contributed by atoms with Crippen LogP contribution in [0.4, 0.5) is 5.95 Å². The summed E-state index contributed by atoms with van der Waals surface area (Å²) in [6.45, 7) is 1.68. The smallest absolute Gasteiger partial charge is 0.264 e. The third-order valence-electron chi connectivity index (χ3n) is 4.77. The quantitative estimate of drug-likeness (QED) is 0.683. The van der Waals surface area contributed by atoms with E-state index < -0.39 is 10.0 Å². The molecule has 3 aromatic rings. The molecule has 2 aromatic carbocycles. The fraction of sp³-hybridized carbons (Fsp3) is 0.300. The summed E-state index contributed by atoms with van der Waals surface area (Å²) in [5.41, 5.74) is 1.79. The van der Waals surface area contributed by atoms with Gasteiger partial charge in [-0.25, -0.2) is 8.42 Å². The molecule has 1 N–H and O–H groups in total. The van der Waals surface area contributed by atoms with Crippen LogP contribution < -0.4 is 5.32 Å². The van der Waals surface area contributed by atoms with Crippen LogP contribution in [-0.2, 0) is 16.6 Å². The van der Waals surface area contributed by atoms with Crippen molar-refractivity contribution in [2.45, 2.75) is 30.7 Å². The molecule has 0 bridgehead atoms. The van der Waals surface area contributed by atoms with Gasteiger partial charge in [0.25, 0.3) is 11.8 Å². The molecule has 1 aliphatic heterocycles. The van der Waals surface area contributed by atoms with Crippen LogP contribution in [0.25, 0.3) is 11.5 Å². The summed E-state index contributed by atoms with van der Waals surface area (Å²) in [5.74, 6) is 0.843. The number of nitrogens with zero attached hydrogens (tertiary/aromatic N) is 3. The van der Waals surface area contributed by atoms with Crippen molar-refractivity contribution in [2.75, 3.05) is 18.4 Å². The zero-order valence-electron chi connectivity index (χ0n) is 15.4. The van der Waals surface area contributed by atoms with E-state index >= 15 is 0 Å². The minimum absolute atomic E-state index is 0.337. The van der Waals surface area contributed by atoms with Crippen molar-refractivity contribution in [3.8, 4) is 11.5 Å². The first kappa shape index (κ1) is 18.6. The van der Waals surface area contributed by atoms with Crippen LogP contribution in [0.15, 0.2) is 64.0 Å². The molecule has 1 aromatic heterocycles. The summed E-state index contributed by atoms with van der Waals surface area (Å²) in [7, 11) is -3.40. The molecule has 1 fully saturated rings. The Labute approximate surface area is 164 Å². The highest BCUT2D eigenvalue weighted by Crippen LogP contribution is 2.21. The van der Waals surface area contributed by atoms with E-state index in [1.165, 1.54) is 0 Å². The third kappa shape index (κ3) is 4.07. The lowest BCUT2D eigenvalue weighted by atomic mass is 10.2. The Hall–Kier alpha value is -2.71. The first-order valence-electron chi connectivity index (χ1n) is 9.35. The minimum Gasteiger partial charge on any atom is -0.347 e. The number of aromatic nitrogens is 2. The third-order valence-corrected chi connectivity index (χ3v) is 6.69. The van der Waals surface area contributed by atoms with E-state index in [1.54, 1.807) is 16.4 Å². The zero-order valence-corrected chi connectivity index (χ0v) is 16.2. The van der Waals surface area contributed by atoms with Gasteiger partial charge in [-0.3, -0.25) is 0 Å². The maximum atomic E-state index is 12.7. The summed E-state index contributed by atoms with van der Waals surface area (Å²) >= 11 is 0. The van der Waals surface area contributed by atoms with E-state index in [-0.39, 0.29) is 0 Å². The Morgan fingerprint density at radius 3 is 2.39 bits per heavy atom. The molecule has 4 rings (SSSR count). The van der Waals surface area contributed by atoms with Crippen LogP contribution in [0.3, 0.4) is 0 Å². The summed E-state index contributed by atoms with van der Waals surface area (Å²) in [6.07, 6.45) is 2.95. The summed E-state index contributed by atoms with van der Waals surface area (Å²) in [5, 5.41) is 7.02. The number of nitrogens with one attached hydrogen (secondary N) is 1. The van der Waals surface area contributed by atoms with Crippen LogP contribution in [0, 0.1) is 0 Å². The van der Waals surface area contributed by atoms with E-state index in [4.69, 9.17) is 4.52 Å². The summed E-state index contributed by atoms with van der Waals surface area (Å²) < 4.78 is 32.2. The van der Waals surface area contributed by atoms with Gasteiger partial charge in [-0.05, 0) is 47.8 Å². The molecule has 0 amide bonds. The lowest BCUT2D eigenvalue weighted by molar-refractivity contribution is 0.346. The van der Waals surface area contributed by atoms with Crippen molar-refractivity contribution in [1.29, 1.82) is 0 Å². The Morgan fingerprint density at radius 2 is 1.68 bits per heavy atom. The van der Waals surface area contributed by atoms with Gasteiger partial charge < -0.3 is 9.84 Å². The number of rotatable bonds is 6. The highest BCUT2D eigenvalue weighted by molar-refractivity contribution is 7.89. The Bertz CT molecular complexity index is 1010. The van der Waals surface area contributed by atoms with Crippen LogP contribution in [0.2, 0.25) is 0 Å². The normalized spacial score (nSPS) is 15.4. The molecule has 0 atom stereocenters. The second-order valence-electron chi connectivity index (χ2n) is 6.75. The number of benzene rings is 2.